The standard InChI is InChI=1S/C13H25NO/c15-13-9-5-4-8-12(13)14-10-6-2-1-3-7-11-14/h12-13,15H,1-11H2. The molecule has 88 valence electrons. The van der Waals surface area contributed by atoms with Gasteiger partial charge in [-0.3, -0.25) is 4.90 Å². The Morgan fingerprint density at radius 2 is 1.33 bits per heavy atom. The minimum atomic E-state index is -0.0434. The van der Waals surface area contributed by atoms with Crippen molar-refractivity contribution in [2.45, 2.75) is 69.9 Å². The Morgan fingerprint density at radius 3 is 2.00 bits per heavy atom. The SMILES string of the molecule is OC1CCCCC1N1CCCCCCC1. The Kier molecular flexibility index (Phi) is 4.45. The van der Waals surface area contributed by atoms with E-state index in [4.69, 9.17) is 0 Å². The predicted octanol–water partition coefficient (Wildman–Crippen LogP) is 2.56. The lowest BCUT2D eigenvalue weighted by Gasteiger charge is -2.38. The third-order valence-electron chi connectivity index (χ3n) is 4.05. The minimum Gasteiger partial charge on any atom is -0.391 e. The molecule has 1 aliphatic heterocycles. The quantitative estimate of drug-likeness (QED) is 0.720. The monoisotopic (exact) mass is 211 g/mol. The highest BCUT2D eigenvalue weighted by molar-refractivity contribution is 4.83. The number of aliphatic hydroxyl groups is 1. The molecule has 0 aromatic carbocycles. The van der Waals surface area contributed by atoms with E-state index in [9.17, 15) is 5.11 Å². The minimum absolute atomic E-state index is 0.0434. The maximum Gasteiger partial charge on any atom is 0.0695 e. The van der Waals surface area contributed by atoms with Crippen LogP contribution in [0.5, 0.6) is 0 Å². The van der Waals surface area contributed by atoms with Crippen LogP contribution in [0.2, 0.25) is 0 Å². The van der Waals surface area contributed by atoms with Crippen LogP contribution in [0.1, 0.15) is 57.8 Å². The van der Waals surface area contributed by atoms with Crippen molar-refractivity contribution in [2.75, 3.05) is 13.1 Å². The molecule has 0 spiro atoms. The predicted molar refractivity (Wildman–Crippen MR) is 62.9 cm³/mol. The van der Waals surface area contributed by atoms with Gasteiger partial charge < -0.3 is 5.11 Å². The van der Waals surface area contributed by atoms with Crippen molar-refractivity contribution in [3.8, 4) is 0 Å². The molecule has 2 fully saturated rings. The lowest BCUT2D eigenvalue weighted by atomic mass is 9.90. The van der Waals surface area contributed by atoms with E-state index in [-0.39, 0.29) is 6.10 Å². The van der Waals surface area contributed by atoms with Gasteiger partial charge in [-0.2, -0.15) is 0 Å². The first-order valence-electron chi connectivity index (χ1n) is 6.80. The molecule has 0 amide bonds. The number of likely N-dealkylation sites (tertiary alicyclic amines) is 1. The van der Waals surface area contributed by atoms with Gasteiger partial charge in [0.2, 0.25) is 0 Å². The molecule has 2 aliphatic rings. The summed E-state index contributed by atoms with van der Waals surface area (Å²) in [6.45, 7) is 2.45. The summed E-state index contributed by atoms with van der Waals surface area (Å²) in [6, 6.07) is 0.483. The largest absolute Gasteiger partial charge is 0.391 e. The van der Waals surface area contributed by atoms with Crippen molar-refractivity contribution in [2.24, 2.45) is 0 Å². The van der Waals surface area contributed by atoms with E-state index in [0.29, 0.717) is 6.04 Å². The van der Waals surface area contributed by atoms with Crippen LogP contribution < -0.4 is 0 Å². The number of rotatable bonds is 1. The van der Waals surface area contributed by atoms with Crippen LogP contribution in [0.25, 0.3) is 0 Å². The molecule has 2 atom stereocenters. The molecule has 2 heteroatoms. The number of hydrogen-bond donors (Lipinski definition) is 1. The second-order valence-corrected chi connectivity index (χ2v) is 5.22. The van der Waals surface area contributed by atoms with Crippen LogP contribution >= 0.6 is 0 Å². The van der Waals surface area contributed by atoms with E-state index in [1.54, 1.807) is 0 Å². The topological polar surface area (TPSA) is 23.5 Å². The van der Waals surface area contributed by atoms with E-state index in [1.165, 1.54) is 64.5 Å². The zero-order valence-electron chi connectivity index (χ0n) is 9.83. The molecule has 2 unspecified atom stereocenters. The van der Waals surface area contributed by atoms with E-state index in [1.807, 2.05) is 0 Å². The van der Waals surface area contributed by atoms with Crippen molar-refractivity contribution < 1.29 is 5.11 Å². The first kappa shape index (κ1) is 11.4. The molecule has 0 aromatic rings. The first-order valence-corrected chi connectivity index (χ1v) is 6.80. The van der Waals surface area contributed by atoms with Gasteiger partial charge in [0.05, 0.1) is 6.10 Å². The third kappa shape index (κ3) is 3.18. The van der Waals surface area contributed by atoms with Gasteiger partial charge in [-0.25, -0.2) is 0 Å². The second kappa shape index (κ2) is 5.86. The van der Waals surface area contributed by atoms with Crippen LogP contribution in [-0.2, 0) is 0 Å². The summed E-state index contributed by atoms with van der Waals surface area (Å²) >= 11 is 0. The molecule has 1 heterocycles. The van der Waals surface area contributed by atoms with E-state index >= 15 is 0 Å². The van der Waals surface area contributed by atoms with Crippen molar-refractivity contribution in [3.63, 3.8) is 0 Å². The summed E-state index contributed by atoms with van der Waals surface area (Å²) in [4.78, 5) is 2.57. The molecule has 0 radical (unpaired) electrons. The molecule has 2 nitrogen and oxygen atoms in total. The average molecular weight is 211 g/mol. The van der Waals surface area contributed by atoms with E-state index < -0.39 is 0 Å². The van der Waals surface area contributed by atoms with Crippen molar-refractivity contribution in [3.05, 3.63) is 0 Å². The Balaban J connectivity index is 1.87. The summed E-state index contributed by atoms with van der Waals surface area (Å²) in [7, 11) is 0. The van der Waals surface area contributed by atoms with Gasteiger partial charge in [0.1, 0.15) is 0 Å². The number of nitrogens with zero attached hydrogens (tertiary/aromatic N) is 1. The van der Waals surface area contributed by atoms with Crippen molar-refractivity contribution in [1.29, 1.82) is 0 Å². The van der Waals surface area contributed by atoms with Gasteiger partial charge in [-0.15, -0.1) is 0 Å². The molecule has 2 rings (SSSR count). The summed E-state index contributed by atoms with van der Waals surface area (Å²) in [5.74, 6) is 0. The molecular weight excluding hydrogens is 186 g/mol. The van der Waals surface area contributed by atoms with Gasteiger partial charge in [0.25, 0.3) is 0 Å². The molecule has 0 bridgehead atoms. The Bertz CT molecular complexity index is 175. The fourth-order valence-corrected chi connectivity index (χ4v) is 3.12. The van der Waals surface area contributed by atoms with Crippen LogP contribution in [-0.4, -0.2) is 35.2 Å². The molecule has 1 aliphatic carbocycles. The van der Waals surface area contributed by atoms with Crippen LogP contribution in [0.15, 0.2) is 0 Å². The first-order chi connectivity index (χ1) is 7.38. The molecule has 15 heavy (non-hydrogen) atoms. The average Bonchev–Trinajstić information content (AvgIpc) is 2.19. The van der Waals surface area contributed by atoms with Crippen LogP contribution in [0.4, 0.5) is 0 Å². The normalized spacial score (nSPS) is 35.8. The van der Waals surface area contributed by atoms with Gasteiger partial charge in [0, 0.05) is 6.04 Å². The zero-order valence-corrected chi connectivity index (χ0v) is 9.83. The van der Waals surface area contributed by atoms with Gasteiger partial charge >= 0.3 is 0 Å². The van der Waals surface area contributed by atoms with Gasteiger partial charge in [0.15, 0.2) is 0 Å². The Hall–Kier alpha value is -0.0800. The highest BCUT2D eigenvalue weighted by atomic mass is 16.3. The van der Waals surface area contributed by atoms with Crippen LogP contribution in [0, 0.1) is 0 Å². The van der Waals surface area contributed by atoms with E-state index in [2.05, 4.69) is 4.90 Å². The summed E-state index contributed by atoms with van der Waals surface area (Å²) < 4.78 is 0. The molecule has 1 saturated heterocycles. The smallest absolute Gasteiger partial charge is 0.0695 e. The van der Waals surface area contributed by atoms with E-state index in [0.717, 1.165) is 6.42 Å². The third-order valence-corrected chi connectivity index (χ3v) is 4.05. The zero-order chi connectivity index (χ0) is 10.5. The van der Waals surface area contributed by atoms with Crippen LogP contribution in [0.3, 0.4) is 0 Å². The van der Waals surface area contributed by atoms with Crippen molar-refractivity contribution >= 4 is 0 Å². The summed E-state index contributed by atoms with van der Waals surface area (Å²) in [5, 5.41) is 10.0. The van der Waals surface area contributed by atoms with Crippen molar-refractivity contribution in [1.82, 2.24) is 4.90 Å². The Labute approximate surface area is 93.7 Å². The lowest BCUT2D eigenvalue weighted by Crippen LogP contribution is -2.46. The number of aliphatic hydroxyl groups excluding tert-OH is 1. The molecule has 1 N–H and O–H groups in total. The fraction of sp³-hybridized carbons (Fsp3) is 1.00. The van der Waals surface area contributed by atoms with Gasteiger partial charge in [-0.05, 0) is 38.8 Å². The molecular formula is C13H25NO. The molecule has 1 saturated carbocycles. The second-order valence-electron chi connectivity index (χ2n) is 5.22. The van der Waals surface area contributed by atoms with Gasteiger partial charge in [-0.1, -0.05) is 32.1 Å². The molecule has 0 aromatic heterocycles. The summed E-state index contributed by atoms with van der Waals surface area (Å²) in [5.41, 5.74) is 0. The number of hydrogen-bond acceptors (Lipinski definition) is 2. The lowest BCUT2D eigenvalue weighted by molar-refractivity contribution is 0.0163. The Morgan fingerprint density at radius 1 is 0.733 bits per heavy atom. The summed E-state index contributed by atoms with van der Waals surface area (Å²) in [6.07, 6.45) is 11.6. The maximum atomic E-state index is 10.0. The fourth-order valence-electron chi connectivity index (χ4n) is 3.12. The highest BCUT2D eigenvalue weighted by Gasteiger charge is 2.28. The maximum absolute atomic E-state index is 10.0. The highest BCUT2D eigenvalue weighted by Crippen LogP contribution is 2.25.